The number of hydrogen-bond acceptors (Lipinski definition) is 4. The molecule has 2 aromatic carbocycles. The van der Waals surface area contributed by atoms with E-state index in [9.17, 15) is 4.79 Å². The second-order valence-electron chi connectivity index (χ2n) is 8.25. The Hall–Kier alpha value is -3.38. The van der Waals surface area contributed by atoms with Crippen molar-refractivity contribution in [2.45, 2.75) is 32.9 Å². The Morgan fingerprint density at radius 2 is 1.97 bits per heavy atom. The number of aromatic nitrogens is 2. The number of carbonyl (C=O) groups is 1. The number of likely N-dealkylation sites (N-methyl/N-ethyl adjacent to an activating group) is 1. The van der Waals surface area contributed by atoms with Crippen LogP contribution in [0.3, 0.4) is 0 Å². The summed E-state index contributed by atoms with van der Waals surface area (Å²) >= 11 is 0. The van der Waals surface area contributed by atoms with Gasteiger partial charge in [0.1, 0.15) is 5.75 Å². The van der Waals surface area contributed by atoms with Gasteiger partial charge in [0, 0.05) is 44.0 Å². The number of aryl methyl sites for hydroxylation is 2. The van der Waals surface area contributed by atoms with Crippen LogP contribution in [0.2, 0.25) is 0 Å². The lowest BCUT2D eigenvalue weighted by atomic mass is 9.93. The van der Waals surface area contributed by atoms with Crippen LogP contribution in [0, 0.1) is 6.92 Å². The van der Waals surface area contributed by atoms with Gasteiger partial charge in [-0.25, -0.2) is 0 Å². The van der Waals surface area contributed by atoms with Crippen LogP contribution in [0.4, 0.5) is 5.69 Å². The Kier molecular flexibility index (Phi) is 6.42. The first-order chi connectivity index (χ1) is 15.5. The molecule has 1 aromatic heterocycles. The zero-order valence-electron chi connectivity index (χ0n) is 19.2. The summed E-state index contributed by atoms with van der Waals surface area (Å²) in [4.78, 5) is 17.3. The molecule has 6 nitrogen and oxygen atoms in total. The van der Waals surface area contributed by atoms with Crippen molar-refractivity contribution < 1.29 is 9.53 Å². The van der Waals surface area contributed by atoms with Crippen LogP contribution in [0.25, 0.3) is 5.57 Å². The molecule has 0 bridgehead atoms. The first-order valence-corrected chi connectivity index (χ1v) is 11.0. The maximum atomic E-state index is 13.3. The standard InChI is InChI=1S/C26H30N4O2/c1-5-32-22-11-12-24(19(2)13-22)30-18-23(21-15-27-29(4)17-21)25(14-26(30)31)28(3)16-20-9-7-6-8-10-20/h6-13,15,17-18,25H,5,14,16H2,1-4H3. The van der Waals surface area contributed by atoms with E-state index < -0.39 is 0 Å². The van der Waals surface area contributed by atoms with E-state index in [4.69, 9.17) is 4.74 Å². The van der Waals surface area contributed by atoms with Gasteiger partial charge in [-0.15, -0.1) is 0 Å². The Bertz CT molecular complexity index is 1120. The molecule has 0 saturated carbocycles. The molecule has 1 aliphatic heterocycles. The summed E-state index contributed by atoms with van der Waals surface area (Å²) in [6.45, 7) is 5.35. The summed E-state index contributed by atoms with van der Waals surface area (Å²) in [5, 5.41) is 4.37. The lowest BCUT2D eigenvalue weighted by molar-refractivity contribution is -0.119. The third-order valence-electron chi connectivity index (χ3n) is 5.85. The van der Waals surface area contributed by atoms with E-state index in [0.29, 0.717) is 13.0 Å². The van der Waals surface area contributed by atoms with Crippen LogP contribution < -0.4 is 9.64 Å². The summed E-state index contributed by atoms with van der Waals surface area (Å²) in [6.07, 6.45) is 6.26. The monoisotopic (exact) mass is 430 g/mol. The summed E-state index contributed by atoms with van der Waals surface area (Å²) in [5.41, 5.74) is 5.21. The SMILES string of the molecule is CCOc1ccc(N2C=C(c3cnn(C)c3)C(N(C)Cc3ccccc3)CC2=O)c(C)c1. The molecule has 0 fully saturated rings. The van der Waals surface area contributed by atoms with Gasteiger partial charge in [-0.2, -0.15) is 5.10 Å². The molecule has 0 radical (unpaired) electrons. The van der Waals surface area contributed by atoms with E-state index in [1.807, 2.05) is 75.9 Å². The molecule has 1 atom stereocenters. The molecule has 0 N–H and O–H groups in total. The second-order valence-corrected chi connectivity index (χ2v) is 8.25. The maximum absolute atomic E-state index is 13.3. The Labute approximate surface area is 189 Å². The van der Waals surface area contributed by atoms with Crippen LogP contribution in [-0.4, -0.2) is 40.3 Å². The predicted octanol–water partition coefficient (Wildman–Crippen LogP) is 4.41. The molecule has 1 aliphatic rings. The molecule has 0 spiro atoms. The fourth-order valence-corrected chi connectivity index (χ4v) is 4.24. The fourth-order valence-electron chi connectivity index (χ4n) is 4.24. The Balaban J connectivity index is 1.70. The lowest BCUT2D eigenvalue weighted by Crippen LogP contribution is -2.42. The molecule has 4 rings (SSSR count). The molecule has 0 aliphatic carbocycles. The van der Waals surface area contributed by atoms with Gasteiger partial charge < -0.3 is 4.74 Å². The molecule has 2 heterocycles. The third kappa shape index (κ3) is 4.60. The average Bonchev–Trinajstić information content (AvgIpc) is 3.21. The molecular weight excluding hydrogens is 400 g/mol. The molecule has 0 saturated heterocycles. The molecule has 6 heteroatoms. The van der Waals surface area contributed by atoms with Gasteiger partial charge in [-0.05, 0) is 55.8 Å². The third-order valence-corrected chi connectivity index (χ3v) is 5.85. The topological polar surface area (TPSA) is 50.6 Å². The number of benzene rings is 2. The quantitative estimate of drug-likeness (QED) is 0.557. The number of ether oxygens (including phenoxy) is 1. The summed E-state index contributed by atoms with van der Waals surface area (Å²) in [5.74, 6) is 0.893. The van der Waals surface area contributed by atoms with Crippen molar-refractivity contribution in [3.05, 3.63) is 83.8 Å². The molecule has 32 heavy (non-hydrogen) atoms. The highest BCUT2D eigenvalue weighted by atomic mass is 16.5. The Morgan fingerprint density at radius 3 is 2.62 bits per heavy atom. The molecule has 166 valence electrons. The highest BCUT2D eigenvalue weighted by Crippen LogP contribution is 2.34. The summed E-state index contributed by atoms with van der Waals surface area (Å²) in [6, 6.07) is 16.2. The minimum Gasteiger partial charge on any atom is -0.494 e. The predicted molar refractivity (Wildman–Crippen MR) is 127 cm³/mol. The zero-order chi connectivity index (χ0) is 22.7. The highest BCUT2D eigenvalue weighted by molar-refractivity contribution is 6.01. The van der Waals surface area contributed by atoms with Gasteiger partial charge in [0.05, 0.1) is 18.5 Å². The number of carbonyl (C=O) groups excluding carboxylic acids is 1. The first kappa shape index (κ1) is 21.8. The largest absolute Gasteiger partial charge is 0.494 e. The summed E-state index contributed by atoms with van der Waals surface area (Å²) in [7, 11) is 3.99. The van der Waals surface area contributed by atoms with Gasteiger partial charge in [0.2, 0.25) is 5.91 Å². The molecule has 3 aromatic rings. The number of anilines is 1. The number of amides is 1. The van der Waals surface area contributed by atoms with Gasteiger partial charge in [-0.1, -0.05) is 30.3 Å². The van der Waals surface area contributed by atoms with Gasteiger partial charge in [0.15, 0.2) is 0 Å². The number of nitrogens with zero attached hydrogens (tertiary/aromatic N) is 4. The molecule has 1 unspecified atom stereocenters. The summed E-state index contributed by atoms with van der Waals surface area (Å²) < 4.78 is 7.42. The van der Waals surface area contributed by atoms with Crippen LogP contribution in [0.15, 0.2) is 67.1 Å². The van der Waals surface area contributed by atoms with Crippen molar-refractivity contribution >= 4 is 17.2 Å². The maximum Gasteiger partial charge on any atom is 0.232 e. The van der Waals surface area contributed by atoms with Crippen LogP contribution >= 0.6 is 0 Å². The van der Waals surface area contributed by atoms with Crippen molar-refractivity contribution in [1.82, 2.24) is 14.7 Å². The van der Waals surface area contributed by atoms with Crippen LogP contribution in [0.5, 0.6) is 5.75 Å². The van der Waals surface area contributed by atoms with Crippen molar-refractivity contribution in [1.29, 1.82) is 0 Å². The van der Waals surface area contributed by atoms with Gasteiger partial charge in [-0.3, -0.25) is 19.3 Å². The minimum atomic E-state index is -0.0360. The number of rotatable bonds is 7. The fraction of sp³-hybridized carbons (Fsp3) is 0.308. The normalized spacial score (nSPS) is 16.4. The van der Waals surface area contributed by atoms with E-state index in [-0.39, 0.29) is 11.9 Å². The van der Waals surface area contributed by atoms with Crippen molar-refractivity contribution in [2.75, 3.05) is 18.6 Å². The zero-order valence-corrected chi connectivity index (χ0v) is 19.2. The van der Waals surface area contributed by atoms with Gasteiger partial charge >= 0.3 is 0 Å². The Morgan fingerprint density at radius 1 is 1.19 bits per heavy atom. The highest BCUT2D eigenvalue weighted by Gasteiger charge is 2.33. The smallest absolute Gasteiger partial charge is 0.232 e. The first-order valence-electron chi connectivity index (χ1n) is 11.0. The average molecular weight is 431 g/mol. The number of hydrogen-bond donors (Lipinski definition) is 0. The van der Waals surface area contributed by atoms with Crippen molar-refractivity contribution in [2.24, 2.45) is 7.05 Å². The van der Waals surface area contributed by atoms with E-state index in [1.165, 1.54) is 5.56 Å². The van der Waals surface area contributed by atoms with Crippen LogP contribution in [-0.2, 0) is 18.4 Å². The van der Waals surface area contributed by atoms with E-state index in [0.717, 1.165) is 34.7 Å². The lowest BCUT2D eigenvalue weighted by Gasteiger charge is -2.36. The van der Waals surface area contributed by atoms with E-state index in [1.54, 1.807) is 9.58 Å². The second kappa shape index (κ2) is 9.40. The minimum absolute atomic E-state index is 0.0360. The van der Waals surface area contributed by atoms with Crippen LogP contribution in [0.1, 0.15) is 30.0 Å². The van der Waals surface area contributed by atoms with Gasteiger partial charge in [0.25, 0.3) is 0 Å². The van der Waals surface area contributed by atoms with Crippen molar-refractivity contribution in [3.8, 4) is 5.75 Å². The molecular formula is C26H30N4O2. The van der Waals surface area contributed by atoms with E-state index >= 15 is 0 Å². The molecule has 1 amide bonds. The van der Waals surface area contributed by atoms with Crippen molar-refractivity contribution in [3.63, 3.8) is 0 Å². The van der Waals surface area contributed by atoms with E-state index in [2.05, 4.69) is 29.2 Å².